The first-order valence-electron chi connectivity index (χ1n) is 7.59. The molecular formula is C15H27N3S. The van der Waals surface area contributed by atoms with Gasteiger partial charge in [-0.1, -0.05) is 27.7 Å². The molecule has 1 aromatic rings. The van der Waals surface area contributed by atoms with Gasteiger partial charge in [-0.25, -0.2) is 4.98 Å². The van der Waals surface area contributed by atoms with Crippen molar-refractivity contribution in [2.45, 2.75) is 47.1 Å². The van der Waals surface area contributed by atoms with Crippen molar-refractivity contribution in [3.8, 4) is 0 Å². The Bertz CT molecular complexity index is 402. The van der Waals surface area contributed by atoms with Crippen molar-refractivity contribution < 1.29 is 0 Å². The van der Waals surface area contributed by atoms with Gasteiger partial charge in [0.25, 0.3) is 0 Å². The van der Waals surface area contributed by atoms with Gasteiger partial charge in [-0.15, -0.1) is 11.3 Å². The minimum Gasteiger partial charge on any atom is -0.348 e. The Morgan fingerprint density at radius 2 is 2.11 bits per heavy atom. The summed E-state index contributed by atoms with van der Waals surface area (Å²) in [5, 5.41) is 4.66. The van der Waals surface area contributed by atoms with E-state index in [1.54, 1.807) is 0 Å². The molecule has 1 N–H and O–H groups in total. The molecule has 19 heavy (non-hydrogen) atoms. The average Bonchev–Trinajstić information content (AvgIpc) is 2.82. The number of rotatable bonds is 5. The molecule has 0 aliphatic carbocycles. The molecule has 1 aliphatic rings. The summed E-state index contributed by atoms with van der Waals surface area (Å²) < 4.78 is 0. The first-order chi connectivity index (χ1) is 9.15. The molecule has 2 atom stereocenters. The summed E-state index contributed by atoms with van der Waals surface area (Å²) in [4.78, 5) is 8.78. The van der Waals surface area contributed by atoms with E-state index in [9.17, 15) is 0 Å². The maximum absolute atomic E-state index is 4.87. The zero-order valence-electron chi connectivity index (χ0n) is 12.7. The first kappa shape index (κ1) is 14.8. The predicted octanol–water partition coefficient (Wildman–Crippen LogP) is 3.30. The van der Waals surface area contributed by atoms with E-state index in [0.29, 0.717) is 0 Å². The molecule has 0 spiro atoms. The van der Waals surface area contributed by atoms with Gasteiger partial charge in [-0.2, -0.15) is 0 Å². The van der Waals surface area contributed by atoms with Crippen LogP contribution < -0.4 is 10.2 Å². The molecule has 1 aromatic heterocycles. The number of nitrogens with zero attached hydrogens (tertiary/aromatic N) is 2. The van der Waals surface area contributed by atoms with Crippen molar-refractivity contribution in [2.24, 2.45) is 11.8 Å². The maximum Gasteiger partial charge on any atom is 0.185 e. The lowest BCUT2D eigenvalue weighted by atomic mass is 9.89. The monoisotopic (exact) mass is 281 g/mol. The van der Waals surface area contributed by atoms with Crippen molar-refractivity contribution in [3.63, 3.8) is 0 Å². The molecule has 0 radical (unpaired) electrons. The van der Waals surface area contributed by atoms with Crippen LogP contribution in [0.2, 0.25) is 0 Å². The van der Waals surface area contributed by atoms with Crippen molar-refractivity contribution in [1.29, 1.82) is 0 Å². The van der Waals surface area contributed by atoms with Crippen LogP contribution in [-0.2, 0) is 13.0 Å². The van der Waals surface area contributed by atoms with Gasteiger partial charge in [0, 0.05) is 24.5 Å². The molecule has 0 bridgehead atoms. The molecule has 2 heterocycles. The highest BCUT2D eigenvalue weighted by molar-refractivity contribution is 7.15. The molecule has 0 saturated carbocycles. The first-order valence-corrected chi connectivity index (χ1v) is 8.41. The lowest BCUT2D eigenvalue weighted by Crippen LogP contribution is -2.38. The lowest BCUT2D eigenvalue weighted by Gasteiger charge is -2.35. The second-order valence-electron chi connectivity index (χ2n) is 5.69. The average molecular weight is 281 g/mol. The van der Waals surface area contributed by atoms with Gasteiger partial charge < -0.3 is 10.2 Å². The minimum absolute atomic E-state index is 0.778. The summed E-state index contributed by atoms with van der Waals surface area (Å²) in [6.45, 7) is 13.4. The van der Waals surface area contributed by atoms with Crippen LogP contribution in [0.1, 0.15) is 44.7 Å². The molecule has 2 unspecified atom stereocenters. The molecule has 1 fully saturated rings. The fraction of sp³-hybridized carbons (Fsp3) is 0.800. The van der Waals surface area contributed by atoms with Gasteiger partial charge >= 0.3 is 0 Å². The lowest BCUT2D eigenvalue weighted by molar-refractivity contribution is 0.323. The van der Waals surface area contributed by atoms with Crippen molar-refractivity contribution >= 4 is 16.5 Å². The summed E-state index contributed by atoms with van der Waals surface area (Å²) in [7, 11) is 0. The summed E-state index contributed by atoms with van der Waals surface area (Å²) >= 11 is 1.89. The van der Waals surface area contributed by atoms with E-state index in [-0.39, 0.29) is 0 Å². The summed E-state index contributed by atoms with van der Waals surface area (Å²) in [6.07, 6.45) is 2.34. The minimum atomic E-state index is 0.778. The molecule has 3 nitrogen and oxygen atoms in total. The highest BCUT2D eigenvalue weighted by Crippen LogP contribution is 2.31. The van der Waals surface area contributed by atoms with Crippen LogP contribution in [0.4, 0.5) is 5.13 Å². The van der Waals surface area contributed by atoms with E-state index >= 15 is 0 Å². The Hall–Kier alpha value is -0.610. The second kappa shape index (κ2) is 6.71. The van der Waals surface area contributed by atoms with Crippen molar-refractivity contribution in [1.82, 2.24) is 10.3 Å². The van der Waals surface area contributed by atoms with Crippen molar-refractivity contribution in [3.05, 3.63) is 10.6 Å². The summed E-state index contributed by atoms with van der Waals surface area (Å²) in [5.74, 6) is 1.63. The third-order valence-corrected chi connectivity index (χ3v) is 5.40. The van der Waals surface area contributed by atoms with Crippen LogP contribution in [0.5, 0.6) is 0 Å². The van der Waals surface area contributed by atoms with E-state index in [1.165, 1.54) is 35.2 Å². The van der Waals surface area contributed by atoms with E-state index in [4.69, 9.17) is 4.98 Å². The second-order valence-corrected chi connectivity index (χ2v) is 6.75. The number of aryl methyl sites for hydroxylation is 1. The van der Waals surface area contributed by atoms with Crippen LogP contribution in [0.15, 0.2) is 0 Å². The fourth-order valence-corrected chi connectivity index (χ4v) is 3.75. The number of thiazole rings is 1. The third-order valence-electron chi connectivity index (χ3n) is 4.24. The zero-order valence-corrected chi connectivity index (χ0v) is 13.5. The van der Waals surface area contributed by atoms with E-state index in [0.717, 1.165) is 31.3 Å². The zero-order chi connectivity index (χ0) is 13.8. The normalized spacial score (nSPS) is 23.9. The Balaban J connectivity index is 2.09. The number of nitrogens with one attached hydrogen (secondary N) is 1. The quantitative estimate of drug-likeness (QED) is 0.897. The maximum atomic E-state index is 4.87. The highest BCUT2D eigenvalue weighted by Gasteiger charge is 2.25. The summed E-state index contributed by atoms with van der Waals surface area (Å²) in [5.41, 5.74) is 1.28. The van der Waals surface area contributed by atoms with Crippen LogP contribution >= 0.6 is 11.3 Å². The molecular weight excluding hydrogens is 254 g/mol. The Kier molecular flexibility index (Phi) is 5.22. The fourth-order valence-electron chi connectivity index (χ4n) is 2.59. The van der Waals surface area contributed by atoms with Crippen LogP contribution in [0.25, 0.3) is 0 Å². The van der Waals surface area contributed by atoms with Gasteiger partial charge in [-0.3, -0.25) is 0 Å². The number of hydrogen-bond acceptors (Lipinski definition) is 4. The molecule has 4 heteroatoms. The number of hydrogen-bond donors (Lipinski definition) is 1. The SMILES string of the molecule is CCNCc1sc(N2CCC(C)C(C)C2)nc1CC. The number of aromatic nitrogens is 1. The molecule has 0 amide bonds. The van der Waals surface area contributed by atoms with Crippen LogP contribution in [0.3, 0.4) is 0 Å². The summed E-state index contributed by atoms with van der Waals surface area (Å²) in [6, 6.07) is 0. The topological polar surface area (TPSA) is 28.2 Å². The molecule has 1 saturated heterocycles. The van der Waals surface area contributed by atoms with Gasteiger partial charge in [-0.05, 0) is 31.2 Å². The molecule has 108 valence electrons. The van der Waals surface area contributed by atoms with Crippen LogP contribution in [-0.4, -0.2) is 24.6 Å². The van der Waals surface area contributed by atoms with E-state index < -0.39 is 0 Å². The van der Waals surface area contributed by atoms with E-state index in [1.807, 2.05) is 11.3 Å². The third kappa shape index (κ3) is 3.48. The smallest absolute Gasteiger partial charge is 0.185 e. The van der Waals surface area contributed by atoms with E-state index in [2.05, 4.69) is 37.9 Å². The number of anilines is 1. The highest BCUT2D eigenvalue weighted by atomic mass is 32.1. The van der Waals surface area contributed by atoms with Crippen LogP contribution in [0, 0.1) is 11.8 Å². The largest absolute Gasteiger partial charge is 0.348 e. The predicted molar refractivity (Wildman–Crippen MR) is 84.0 cm³/mol. The molecule has 2 rings (SSSR count). The Labute approximate surface area is 121 Å². The Morgan fingerprint density at radius 1 is 1.32 bits per heavy atom. The van der Waals surface area contributed by atoms with Crippen molar-refractivity contribution in [2.75, 3.05) is 24.5 Å². The van der Waals surface area contributed by atoms with Gasteiger partial charge in [0.1, 0.15) is 0 Å². The van der Waals surface area contributed by atoms with Gasteiger partial charge in [0.2, 0.25) is 0 Å². The molecule has 1 aliphatic heterocycles. The standard InChI is InChI=1S/C15H27N3S/c1-5-13-14(9-16-6-2)19-15(17-13)18-8-7-11(3)12(4)10-18/h11-12,16H,5-10H2,1-4H3. The van der Waals surface area contributed by atoms with Gasteiger partial charge in [0.15, 0.2) is 5.13 Å². The Morgan fingerprint density at radius 3 is 2.74 bits per heavy atom. The molecule has 0 aromatic carbocycles. The number of piperidine rings is 1. The van der Waals surface area contributed by atoms with Gasteiger partial charge in [0.05, 0.1) is 5.69 Å².